The Balaban J connectivity index is 2.44. The zero-order chi connectivity index (χ0) is 12.7. The Morgan fingerprint density at radius 2 is 2.00 bits per heavy atom. The topological polar surface area (TPSA) is 43.8 Å². The molecule has 1 fully saturated rings. The van der Waals surface area contributed by atoms with E-state index < -0.39 is 0 Å². The normalized spacial score (nSPS) is 20.8. The van der Waals surface area contributed by atoms with Crippen LogP contribution in [0.5, 0.6) is 0 Å². The number of amides is 1. The Labute approximate surface area is 105 Å². The Morgan fingerprint density at radius 1 is 1.35 bits per heavy atom. The lowest BCUT2D eigenvalue weighted by atomic mass is 10.2. The van der Waals surface area contributed by atoms with Crippen LogP contribution in [0, 0.1) is 0 Å². The first-order valence-electron chi connectivity index (χ1n) is 6.85. The zero-order valence-corrected chi connectivity index (χ0v) is 11.2. The van der Waals surface area contributed by atoms with E-state index in [0.29, 0.717) is 6.54 Å². The maximum atomic E-state index is 12.1. The lowest BCUT2D eigenvalue weighted by molar-refractivity contribution is -0.132. The molecule has 1 heterocycles. The molecule has 1 atom stereocenters. The fourth-order valence-electron chi connectivity index (χ4n) is 2.48. The summed E-state index contributed by atoms with van der Waals surface area (Å²) in [6.45, 7) is 7.50. The first kappa shape index (κ1) is 14.5. The minimum absolute atomic E-state index is 0.175. The fraction of sp³-hybridized carbons (Fsp3) is 0.923. The van der Waals surface area contributed by atoms with Crippen LogP contribution in [-0.2, 0) is 4.79 Å². The van der Waals surface area contributed by atoms with Gasteiger partial charge in [-0.05, 0) is 32.2 Å². The highest BCUT2D eigenvalue weighted by molar-refractivity contribution is 5.78. The van der Waals surface area contributed by atoms with Gasteiger partial charge in [0.05, 0.1) is 13.2 Å². The molecule has 0 aromatic carbocycles. The Hall–Kier alpha value is -0.610. The molecule has 0 unspecified atom stereocenters. The van der Waals surface area contributed by atoms with E-state index in [1.54, 1.807) is 0 Å². The summed E-state index contributed by atoms with van der Waals surface area (Å²) in [4.78, 5) is 16.2. The number of rotatable bonds is 7. The standard InChI is InChI=1S/C13H26N2O2/c1-3-7-14(8-4-2)13(17)10-15-9-5-6-12(15)11-16/h12,16H,3-11H2,1-2H3/t12-/m0/s1. The molecule has 0 aromatic rings. The molecule has 4 heteroatoms. The molecule has 1 aliphatic rings. The first-order valence-corrected chi connectivity index (χ1v) is 6.85. The number of likely N-dealkylation sites (tertiary alicyclic amines) is 1. The van der Waals surface area contributed by atoms with Crippen LogP contribution < -0.4 is 0 Å². The van der Waals surface area contributed by atoms with Crippen LogP contribution in [0.15, 0.2) is 0 Å². The van der Waals surface area contributed by atoms with E-state index in [0.717, 1.165) is 45.3 Å². The van der Waals surface area contributed by atoms with Gasteiger partial charge in [-0.1, -0.05) is 13.8 Å². The van der Waals surface area contributed by atoms with Gasteiger partial charge in [0.2, 0.25) is 5.91 Å². The van der Waals surface area contributed by atoms with Crippen LogP contribution in [-0.4, -0.2) is 59.6 Å². The second-order valence-corrected chi connectivity index (χ2v) is 4.83. The van der Waals surface area contributed by atoms with E-state index >= 15 is 0 Å². The van der Waals surface area contributed by atoms with Gasteiger partial charge in [0, 0.05) is 19.1 Å². The molecule has 1 N–H and O–H groups in total. The third-order valence-corrected chi connectivity index (χ3v) is 3.39. The summed E-state index contributed by atoms with van der Waals surface area (Å²) in [5, 5.41) is 9.23. The van der Waals surface area contributed by atoms with Crippen LogP contribution in [0.3, 0.4) is 0 Å². The number of carbonyl (C=O) groups excluding carboxylic acids is 1. The Kier molecular flexibility index (Phi) is 6.52. The van der Waals surface area contributed by atoms with Crippen LogP contribution >= 0.6 is 0 Å². The SMILES string of the molecule is CCCN(CCC)C(=O)CN1CCC[C@H]1CO. The van der Waals surface area contributed by atoms with E-state index in [9.17, 15) is 9.90 Å². The monoisotopic (exact) mass is 242 g/mol. The average Bonchev–Trinajstić information content (AvgIpc) is 2.76. The summed E-state index contributed by atoms with van der Waals surface area (Å²) in [5.41, 5.74) is 0. The summed E-state index contributed by atoms with van der Waals surface area (Å²) in [6.07, 6.45) is 4.13. The molecule has 4 nitrogen and oxygen atoms in total. The molecule has 100 valence electrons. The number of carbonyl (C=O) groups is 1. The van der Waals surface area contributed by atoms with E-state index in [-0.39, 0.29) is 18.6 Å². The van der Waals surface area contributed by atoms with Crippen LogP contribution in [0.1, 0.15) is 39.5 Å². The molecule has 17 heavy (non-hydrogen) atoms. The van der Waals surface area contributed by atoms with E-state index in [1.165, 1.54) is 0 Å². The average molecular weight is 242 g/mol. The van der Waals surface area contributed by atoms with Crippen molar-refractivity contribution >= 4 is 5.91 Å². The van der Waals surface area contributed by atoms with Gasteiger partial charge < -0.3 is 10.0 Å². The molecule has 0 saturated carbocycles. The largest absolute Gasteiger partial charge is 0.395 e. The Bertz CT molecular complexity index is 227. The number of aliphatic hydroxyl groups is 1. The summed E-state index contributed by atoms with van der Waals surface area (Å²) in [7, 11) is 0. The second-order valence-electron chi connectivity index (χ2n) is 4.83. The molecule has 0 radical (unpaired) electrons. The lowest BCUT2D eigenvalue weighted by Gasteiger charge is -2.27. The number of hydrogen-bond acceptors (Lipinski definition) is 3. The summed E-state index contributed by atoms with van der Waals surface area (Å²) < 4.78 is 0. The van der Waals surface area contributed by atoms with Gasteiger partial charge in [-0.2, -0.15) is 0 Å². The molecular weight excluding hydrogens is 216 g/mol. The van der Waals surface area contributed by atoms with E-state index in [4.69, 9.17) is 0 Å². The molecule has 1 saturated heterocycles. The lowest BCUT2D eigenvalue weighted by Crippen LogP contribution is -2.43. The molecule has 0 spiro atoms. The van der Waals surface area contributed by atoms with Crippen molar-refractivity contribution in [2.75, 3.05) is 32.8 Å². The molecule has 0 aliphatic carbocycles. The van der Waals surface area contributed by atoms with Crippen molar-refractivity contribution in [2.24, 2.45) is 0 Å². The first-order chi connectivity index (χ1) is 8.22. The smallest absolute Gasteiger partial charge is 0.236 e. The number of hydrogen-bond donors (Lipinski definition) is 1. The van der Waals surface area contributed by atoms with Gasteiger partial charge in [-0.15, -0.1) is 0 Å². The Morgan fingerprint density at radius 3 is 2.53 bits per heavy atom. The summed E-state index contributed by atoms with van der Waals surface area (Å²) >= 11 is 0. The van der Waals surface area contributed by atoms with Crippen LogP contribution in [0.2, 0.25) is 0 Å². The highest BCUT2D eigenvalue weighted by Crippen LogP contribution is 2.16. The number of aliphatic hydroxyl groups excluding tert-OH is 1. The van der Waals surface area contributed by atoms with Crippen molar-refractivity contribution in [3.05, 3.63) is 0 Å². The maximum absolute atomic E-state index is 12.1. The van der Waals surface area contributed by atoms with Gasteiger partial charge in [-0.3, -0.25) is 9.69 Å². The van der Waals surface area contributed by atoms with Crippen molar-refractivity contribution in [1.29, 1.82) is 0 Å². The van der Waals surface area contributed by atoms with Crippen molar-refractivity contribution in [3.8, 4) is 0 Å². The number of nitrogens with zero attached hydrogens (tertiary/aromatic N) is 2. The van der Waals surface area contributed by atoms with Gasteiger partial charge >= 0.3 is 0 Å². The van der Waals surface area contributed by atoms with Gasteiger partial charge in [0.25, 0.3) is 0 Å². The quantitative estimate of drug-likeness (QED) is 0.727. The maximum Gasteiger partial charge on any atom is 0.236 e. The third-order valence-electron chi connectivity index (χ3n) is 3.39. The summed E-state index contributed by atoms with van der Waals surface area (Å²) in [5.74, 6) is 0.217. The predicted octanol–water partition coefficient (Wildman–Crippen LogP) is 1.09. The van der Waals surface area contributed by atoms with Crippen LogP contribution in [0.4, 0.5) is 0 Å². The van der Waals surface area contributed by atoms with E-state index in [1.807, 2.05) is 4.90 Å². The predicted molar refractivity (Wildman–Crippen MR) is 68.8 cm³/mol. The molecule has 1 aliphatic heterocycles. The highest BCUT2D eigenvalue weighted by Gasteiger charge is 2.26. The molecule has 1 amide bonds. The van der Waals surface area contributed by atoms with E-state index in [2.05, 4.69) is 18.7 Å². The molecule has 0 aromatic heterocycles. The van der Waals surface area contributed by atoms with Gasteiger partial charge in [-0.25, -0.2) is 0 Å². The van der Waals surface area contributed by atoms with Gasteiger partial charge in [0.1, 0.15) is 0 Å². The highest BCUT2D eigenvalue weighted by atomic mass is 16.3. The minimum Gasteiger partial charge on any atom is -0.395 e. The van der Waals surface area contributed by atoms with Crippen molar-refractivity contribution in [3.63, 3.8) is 0 Å². The fourth-order valence-corrected chi connectivity index (χ4v) is 2.48. The zero-order valence-electron chi connectivity index (χ0n) is 11.2. The molecule has 0 bridgehead atoms. The second kappa shape index (κ2) is 7.67. The minimum atomic E-state index is 0.175. The molecule has 1 rings (SSSR count). The van der Waals surface area contributed by atoms with Crippen LogP contribution in [0.25, 0.3) is 0 Å². The third kappa shape index (κ3) is 4.28. The van der Waals surface area contributed by atoms with Gasteiger partial charge in [0.15, 0.2) is 0 Å². The van der Waals surface area contributed by atoms with Crippen molar-refractivity contribution < 1.29 is 9.90 Å². The van der Waals surface area contributed by atoms with Crippen molar-refractivity contribution in [1.82, 2.24) is 9.80 Å². The summed E-state index contributed by atoms with van der Waals surface area (Å²) in [6, 6.07) is 0.198. The van der Waals surface area contributed by atoms with Crippen molar-refractivity contribution in [2.45, 2.75) is 45.6 Å². The molecular formula is C13H26N2O2.